The number of fused-ring (bicyclic) bond motifs is 1. The molecule has 8 nitrogen and oxygen atoms in total. The van der Waals surface area contributed by atoms with Crippen molar-refractivity contribution < 1.29 is 23.9 Å². The molecule has 140 valence electrons. The van der Waals surface area contributed by atoms with Crippen LogP contribution < -0.4 is 14.8 Å². The molecule has 0 radical (unpaired) electrons. The molecule has 1 N–H and O–H groups in total. The lowest BCUT2D eigenvalue weighted by Crippen LogP contribution is -2.55. The second-order valence-corrected chi connectivity index (χ2v) is 6.40. The predicted molar refractivity (Wildman–Crippen MR) is 94.5 cm³/mol. The van der Waals surface area contributed by atoms with E-state index in [9.17, 15) is 14.4 Å². The quantitative estimate of drug-likeness (QED) is 0.790. The summed E-state index contributed by atoms with van der Waals surface area (Å²) >= 11 is 6.20. The number of halogens is 1. The first-order chi connectivity index (χ1) is 12.5. The van der Waals surface area contributed by atoms with Crippen molar-refractivity contribution in [1.82, 2.24) is 9.80 Å². The third-order valence-electron chi connectivity index (χ3n) is 4.22. The Morgan fingerprint density at radius 3 is 2.42 bits per heavy atom. The Morgan fingerprint density at radius 2 is 1.73 bits per heavy atom. The molecule has 1 fully saturated rings. The van der Waals surface area contributed by atoms with Crippen molar-refractivity contribution in [3.8, 4) is 11.5 Å². The van der Waals surface area contributed by atoms with Crippen LogP contribution in [0.3, 0.4) is 0 Å². The molecule has 1 aromatic rings. The van der Waals surface area contributed by atoms with Crippen molar-refractivity contribution in [3.63, 3.8) is 0 Å². The Bertz CT molecular complexity index is 739. The third-order valence-corrected chi connectivity index (χ3v) is 4.54. The van der Waals surface area contributed by atoms with E-state index in [1.54, 1.807) is 19.1 Å². The summed E-state index contributed by atoms with van der Waals surface area (Å²) in [6.45, 7) is 3.85. The van der Waals surface area contributed by atoms with Gasteiger partial charge in [-0.2, -0.15) is 0 Å². The standard InChI is InChI=1S/C17H20ClN3O5/c1-2-20-4-5-21(17(24)16(20)23)10-15(22)19-12-9-14-13(8-11(12)18)25-6-3-7-26-14/h8-9H,2-7,10H2,1H3,(H,19,22). The van der Waals surface area contributed by atoms with Crippen molar-refractivity contribution in [2.45, 2.75) is 13.3 Å². The SMILES string of the molecule is CCN1CCN(CC(=O)Nc2cc3c(cc2Cl)OCCCO3)C(=O)C1=O. The highest BCUT2D eigenvalue weighted by atomic mass is 35.5. The number of anilines is 1. The molecule has 1 saturated heterocycles. The summed E-state index contributed by atoms with van der Waals surface area (Å²) in [5.41, 5.74) is 0.367. The smallest absolute Gasteiger partial charge is 0.312 e. The topological polar surface area (TPSA) is 88.2 Å². The molecule has 0 spiro atoms. The third kappa shape index (κ3) is 3.85. The van der Waals surface area contributed by atoms with Crippen LogP contribution in [-0.2, 0) is 14.4 Å². The minimum atomic E-state index is -0.669. The fourth-order valence-corrected chi connectivity index (χ4v) is 3.01. The van der Waals surface area contributed by atoms with Crippen LogP contribution in [0, 0.1) is 0 Å². The minimum absolute atomic E-state index is 0.215. The summed E-state index contributed by atoms with van der Waals surface area (Å²) in [7, 11) is 0. The first-order valence-electron chi connectivity index (χ1n) is 8.46. The van der Waals surface area contributed by atoms with E-state index in [0.717, 1.165) is 6.42 Å². The summed E-state index contributed by atoms with van der Waals surface area (Å²) in [4.78, 5) is 39.0. The summed E-state index contributed by atoms with van der Waals surface area (Å²) in [5.74, 6) is -0.655. The molecule has 1 aromatic carbocycles. The van der Waals surface area contributed by atoms with Gasteiger partial charge >= 0.3 is 11.8 Å². The lowest BCUT2D eigenvalue weighted by molar-refractivity contribution is -0.156. The molecule has 9 heteroatoms. The van der Waals surface area contributed by atoms with E-state index in [-0.39, 0.29) is 6.54 Å². The van der Waals surface area contributed by atoms with Gasteiger partial charge in [0, 0.05) is 38.2 Å². The highest BCUT2D eigenvalue weighted by Gasteiger charge is 2.32. The maximum absolute atomic E-state index is 12.3. The number of likely N-dealkylation sites (N-methyl/N-ethyl adjacent to an activating group) is 1. The van der Waals surface area contributed by atoms with Gasteiger partial charge in [0.25, 0.3) is 0 Å². The molecule has 26 heavy (non-hydrogen) atoms. The van der Waals surface area contributed by atoms with Gasteiger partial charge in [-0.3, -0.25) is 14.4 Å². The normalized spacial score (nSPS) is 17.2. The minimum Gasteiger partial charge on any atom is -0.490 e. The number of nitrogens with zero attached hydrogens (tertiary/aromatic N) is 2. The van der Waals surface area contributed by atoms with E-state index in [1.807, 2.05) is 0 Å². The summed E-state index contributed by atoms with van der Waals surface area (Å²) < 4.78 is 11.1. The summed E-state index contributed by atoms with van der Waals surface area (Å²) in [6.07, 6.45) is 0.758. The molecular formula is C17H20ClN3O5. The van der Waals surface area contributed by atoms with Crippen molar-refractivity contribution in [3.05, 3.63) is 17.2 Å². The van der Waals surface area contributed by atoms with E-state index in [0.29, 0.717) is 55.1 Å². The summed E-state index contributed by atoms with van der Waals surface area (Å²) in [6, 6.07) is 3.19. The van der Waals surface area contributed by atoms with Crippen LogP contribution in [0.25, 0.3) is 0 Å². The highest BCUT2D eigenvalue weighted by molar-refractivity contribution is 6.36. The van der Waals surface area contributed by atoms with E-state index in [4.69, 9.17) is 21.1 Å². The fraction of sp³-hybridized carbons (Fsp3) is 0.471. The van der Waals surface area contributed by atoms with Gasteiger partial charge in [-0.25, -0.2) is 0 Å². The Hall–Kier alpha value is -2.48. The van der Waals surface area contributed by atoms with Crippen molar-refractivity contribution in [1.29, 1.82) is 0 Å². The number of rotatable bonds is 4. The van der Waals surface area contributed by atoms with Crippen molar-refractivity contribution in [2.75, 3.05) is 44.7 Å². The molecule has 3 amide bonds. The molecule has 0 aromatic heterocycles. The van der Waals surface area contributed by atoms with E-state index in [1.165, 1.54) is 9.80 Å². The van der Waals surface area contributed by atoms with Gasteiger partial charge in [-0.1, -0.05) is 11.6 Å². The Labute approximate surface area is 156 Å². The van der Waals surface area contributed by atoms with Crippen LogP contribution in [0.4, 0.5) is 5.69 Å². The monoisotopic (exact) mass is 381 g/mol. The Morgan fingerprint density at radius 1 is 1.12 bits per heavy atom. The molecule has 2 aliphatic heterocycles. The number of amides is 3. The maximum Gasteiger partial charge on any atom is 0.312 e. The largest absolute Gasteiger partial charge is 0.490 e. The molecule has 2 aliphatic rings. The molecule has 0 unspecified atom stereocenters. The summed E-state index contributed by atoms with van der Waals surface area (Å²) in [5, 5.41) is 2.97. The van der Waals surface area contributed by atoms with Crippen LogP contribution >= 0.6 is 11.6 Å². The van der Waals surface area contributed by atoms with Crippen LogP contribution in [0.5, 0.6) is 11.5 Å². The second-order valence-electron chi connectivity index (χ2n) is 5.99. The van der Waals surface area contributed by atoms with Crippen LogP contribution in [-0.4, -0.2) is 66.9 Å². The molecule has 0 aliphatic carbocycles. The second kappa shape index (κ2) is 7.82. The average Bonchev–Trinajstić information content (AvgIpc) is 2.84. The van der Waals surface area contributed by atoms with E-state index >= 15 is 0 Å². The molecule has 0 atom stereocenters. The van der Waals surface area contributed by atoms with Gasteiger partial charge < -0.3 is 24.6 Å². The van der Waals surface area contributed by atoms with Gasteiger partial charge in [-0.15, -0.1) is 0 Å². The average molecular weight is 382 g/mol. The zero-order valence-electron chi connectivity index (χ0n) is 14.4. The number of hydrogen-bond acceptors (Lipinski definition) is 5. The zero-order valence-corrected chi connectivity index (χ0v) is 15.2. The number of ether oxygens (including phenoxy) is 2. The predicted octanol–water partition coefficient (Wildman–Crippen LogP) is 1.13. The Balaban J connectivity index is 1.66. The zero-order chi connectivity index (χ0) is 18.7. The first-order valence-corrected chi connectivity index (χ1v) is 8.84. The highest BCUT2D eigenvalue weighted by Crippen LogP contribution is 2.37. The number of nitrogens with one attached hydrogen (secondary N) is 1. The lowest BCUT2D eigenvalue weighted by atomic mass is 10.2. The molecule has 0 bridgehead atoms. The number of hydrogen-bond donors (Lipinski definition) is 1. The molecular weight excluding hydrogens is 362 g/mol. The number of carbonyl (C=O) groups excluding carboxylic acids is 3. The van der Waals surface area contributed by atoms with Crippen molar-refractivity contribution >= 4 is 35.0 Å². The number of piperazine rings is 1. The van der Waals surface area contributed by atoms with Gasteiger partial charge in [0.05, 0.1) is 23.9 Å². The van der Waals surface area contributed by atoms with E-state index in [2.05, 4.69) is 5.32 Å². The molecule has 2 heterocycles. The van der Waals surface area contributed by atoms with Gasteiger partial charge in [0.1, 0.15) is 6.54 Å². The van der Waals surface area contributed by atoms with Crippen LogP contribution in [0.2, 0.25) is 5.02 Å². The van der Waals surface area contributed by atoms with Crippen molar-refractivity contribution in [2.24, 2.45) is 0 Å². The number of benzene rings is 1. The van der Waals surface area contributed by atoms with E-state index < -0.39 is 17.7 Å². The fourth-order valence-electron chi connectivity index (χ4n) is 2.81. The Kier molecular flexibility index (Phi) is 5.51. The van der Waals surface area contributed by atoms with Gasteiger partial charge in [0.2, 0.25) is 5.91 Å². The van der Waals surface area contributed by atoms with Gasteiger partial charge in [0.15, 0.2) is 11.5 Å². The first kappa shape index (κ1) is 18.3. The molecule has 0 saturated carbocycles. The lowest BCUT2D eigenvalue weighted by Gasteiger charge is -2.32. The van der Waals surface area contributed by atoms with Gasteiger partial charge in [-0.05, 0) is 6.92 Å². The van der Waals surface area contributed by atoms with Crippen LogP contribution in [0.1, 0.15) is 13.3 Å². The maximum atomic E-state index is 12.3. The number of carbonyl (C=O) groups is 3. The molecule has 3 rings (SSSR count). The van der Waals surface area contributed by atoms with Crippen LogP contribution in [0.15, 0.2) is 12.1 Å².